The lowest BCUT2D eigenvalue weighted by Gasteiger charge is -2.37. The van der Waals surface area contributed by atoms with E-state index in [9.17, 15) is 4.79 Å². The SMILES string of the molecule is Cc1ccc(C(=O)N2CCN(C)C(C)C2)cc1Br. The minimum Gasteiger partial charge on any atom is -0.336 e. The van der Waals surface area contributed by atoms with Crippen LogP contribution >= 0.6 is 15.9 Å². The lowest BCUT2D eigenvalue weighted by Crippen LogP contribution is -2.52. The molecule has 2 rings (SSSR count). The molecule has 1 fully saturated rings. The summed E-state index contributed by atoms with van der Waals surface area (Å²) in [4.78, 5) is 16.6. The van der Waals surface area contributed by atoms with E-state index in [1.807, 2.05) is 30.0 Å². The summed E-state index contributed by atoms with van der Waals surface area (Å²) in [6.07, 6.45) is 0. The first-order valence-corrected chi connectivity index (χ1v) is 7.04. The Morgan fingerprint density at radius 2 is 2.11 bits per heavy atom. The van der Waals surface area contributed by atoms with E-state index in [4.69, 9.17) is 0 Å². The van der Waals surface area contributed by atoms with Crippen LogP contribution in [0.25, 0.3) is 0 Å². The van der Waals surface area contributed by atoms with Crippen molar-refractivity contribution in [3.05, 3.63) is 33.8 Å². The molecule has 1 heterocycles. The van der Waals surface area contributed by atoms with Gasteiger partial charge < -0.3 is 9.80 Å². The minimum atomic E-state index is 0.135. The number of carbonyl (C=O) groups excluding carboxylic acids is 1. The van der Waals surface area contributed by atoms with Gasteiger partial charge in [0.25, 0.3) is 5.91 Å². The molecule has 18 heavy (non-hydrogen) atoms. The summed E-state index contributed by atoms with van der Waals surface area (Å²) in [6, 6.07) is 6.24. The molecule has 0 N–H and O–H groups in total. The van der Waals surface area contributed by atoms with Crippen LogP contribution in [0.5, 0.6) is 0 Å². The fourth-order valence-electron chi connectivity index (χ4n) is 2.14. The number of likely N-dealkylation sites (N-methyl/N-ethyl adjacent to an activating group) is 1. The van der Waals surface area contributed by atoms with Gasteiger partial charge in [0.05, 0.1) is 0 Å². The molecule has 1 aromatic rings. The van der Waals surface area contributed by atoms with E-state index in [0.717, 1.165) is 35.2 Å². The molecule has 1 amide bonds. The lowest BCUT2D eigenvalue weighted by atomic mass is 10.1. The summed E-state index contributed by atoms with van der Waals surface area (Å²) >= 11 is 3.48. The van der Waals surface area contributed by atoms with Gasteiger partial charge in [0.2, 0.25) is 0 Å². The highest BCUT2D eigenvalue weighted by atomic mass is 79.9. The van der Waals surface area contributed by atoms with Crippen LogP contribution in [0, 0.1) is 6.92 Å². The molecule has 1 saturated heterocycles. The zero-order chi connectivity index (χ0) is 13.3. The largest absolute Gasteiger partial charge is 0.336 e. The van der Waals surface area contributed by atoms with Crippen molar-refractivity contribution in [3.8, 4) is 0 Å². The maximum absolute atomic E-state index is 12.4. The van der Waals surface area contributed by atoms with Crippen LogP contribution in [-0.4, -0.2) is 48.4 Å². The predicted octanol–water partition coefficient (Wildman–Crippen LogP) is 2.53. The van der Waals surface area contributed by atoms with Crippen molar-refractivity contribution in [1.29, 1.82) is 0 Å². The van der Waals surface area contributed by atoms with E-state index in [2.05, 4.69) is 34.8 Å². The number of carbonyl (C=O) groups is 1. The number of amides is 1. The summed E-state index contributed by atoms with van der Waals surface area (Å²) in [6.45, 7) is 6.74. The van der Waals surface area contributed by atoms with Gasteiger partial charge >= 0.3 is 0 Å². The van der Waals surface area contributed by atoms with Gasteiger partial charge in [-0.25, -0.2) is 0 Å². The summed E-state index contributed by atoms with van der Waals surface area (Å²) < 4.78 is 0.996. The van der Waals surface area contributed by atoms with Gasteiger partial charge in [-0.15, -0.1) is 0 Å². The fourth-order valence-corrected chi connectivity index (χ4v) is 2.52. The first-order valence-electron chi connectivity index (χ1n) is 6.24. The summed E-state index contributed by atoms with van der Waals surface area (Å²) in [7, 11) is 2.11. The number of nitrogens with zero attached hydrogens (tertiary/aromatic N) is 2. The standard InChI is InChI=1S/C14H19BrN2O/c1-10-4-5-12(8-13(10)15)14(18)17-7-6-16(3)11(2)9-17/h4-5,8,11H,6-7,9H2,1-3H3. The van der Waals surface area contributed by atoms with Gasteiger partial charge in [-0.1, -0.05) is 22.0 Å². The van der Waals surface area contributed by atoms with Crippen LogP contribution in [0.4, 0.5) is 0 Å². The highest BCUT2D eigenvalue weighted by molar-refractivity contribution is 9.10. The van der Waals surface area contributed by atoms with E-state index >= 15 is 0 Å². The molecule has 0 aliphatic carbocycles. The molecular weight excluding hydrogens is 292 g/mol. The molecule has 1 aliphatic rings. The van der Waals surface area contributed by atoms with Crippen molar-refractivity contribution in [3.63, 3.8) is 0 Å². The van der Waals surface area contributed by atoms with E-state index in [0.29, 0.717) is 6.04 Å². The van der Waals surface area contributed by atoms with Gasteiger partial charge in [-0.3, -0.25) is 4.79 Å². The molecule has 0 bridgehead atoms. The maximum atomic E-state index is 12.4. The number of aryl methyl sites for hydroxylation is 1. The average Bonchev–Trinajstić information content (AvgIpc) is 2.35. The lowest BCUT2D eigenvalue weighted by molar-refractivity contribution is 0.0572. The van der Waals surface area contributed by atoms with Crippen LogP contribution in [-0.2, 0) is 0 Å². The average molecular weight is 311 g/mol. The Labute approximate surface area is 117 Å². The zero-order valence-corrected chi connectivity index (χ0v) is 12.7. The minimum absolute atomic E-state index is 0.135. The van der Waals surface area contributed by atoms with Gasteiger partial charge in [0.1, 0.15) is 0 Å². The number of piperazine rings is 1. The number of hydrogen-bond donors (Lipinski definition) is 0. The van der Waals surface area contributed by atoms with Crippen LogP contribution in [0.2, 0.25) is 0 Å². The molecule has 1 atom stereocenters. The van der Waals surface area contributed by atoms with Gasteiger partial charge in [-0.05, 0) is 38.6 Å². The smallest absolute Gasteiger partial charge is 0.253 e. The Kier molecular flexibility index (Phi) is 4.07. The predicted molar refractivity (Wildman–Crippen MR) is 76.9 cm³/mol. The van der Waals surface area contributed by atoms with Crippen molar-refractivity contribution in [2.75, 3.05) is 26.7 Å². The van der Waals surface area contributed by atoms with Gasteiger partial charge in [-0.2, -0.15) is 0 Å². The maximum Gasteiger partial charge on any atom is 0.253 e. The van der Waals surface area contributed by atoms with Crippen LogP contribution in [0.15, 0.2) is 22.7 Å². The summed E-state index contributed by atoms with van der Waals surface area (Å²) in [5.41, 5.74) is 1.92. The van der Waals surface area contributed by atoms with Crippen molar-refractivity contribution in [2.24, 2.45) is 0 Å². The van der Waals surface area contributed by atoms with E-state index in [-0.39, 0.29) is 5.91 Å². The molecule has 0 spiro atoms. The van der Waals surface area contributed by atoms with Crippen LogP contribution < -0.4 is 0 Å². The number of halogens is 1. The second-order valence-corrected chi connectivity index (χ2v) is 5.90. The Bertz CT molecular complexity index is 461. The molecule has 3 nitrogen and oxygen atoms in total. The Morgan fingerprint density at radius 1 is 1.39 bits per heavy atom. The molecule has 0 saturated carbocycles. The quantitative estimate of drug-likeness (QED) is 0.796. The van der Waals surface area contributed by atoms with Crippen molar-refractivity contribution < 1.29 is 4.79 Å². The van der Waals surface area contributed by atoms with E-state index in [1.54, 1.807) is 0 Å². The monoisotopic (exact) mass is 310 g/mol. The first-order chi connectivity index (χ1) is 8.49. The zero-order valence-electron chi connectivity index (χ0n) is 11.1. The van der Waals surface area contributed by atoms with Crippen LogP contribution in [0.3, 0.4) is 0 Å². The second kappa shape index (κ2) is 5.41. The second-order valence-electron chi connectivity index (χ2n) is 5.04. The number of benzene rings is 1. The molecule has 1 aliphatic heterocycles. The number of rotatable bonds is 1. The third kappa shape index (κ3) is 2.75. The van der Waals surface area contributed by atoms with Gasteiger partial charge in [0.15, 0.2) is 0 Å². The number of hydrogen-bond acceptors (Lipinski definition) is 2. The fraction of sp³-hybridized carbons (Fsp3) is 0.500. The Morgan fingerprint density at radius 3 is 2.72 bits per heavy atom. The molecule has 0 aromatic heterocycles. The molecule has 1 unspecified atom stereocenters. The summed E-state index contributed by atoms with van der Waals surface area (Å²) in [5.74, 6) is 0.135. The van der Waals surface area contributed by atoms with E-state index in [1.165, 1.54) is 0 Å². The highest BCUT2D eigenvalue weighted by Crippen LogP contribution is 2.19. The van der Waals surface area contributed by atoms with Crippen molar-refractivity contribution in [1.82, 2.24) is 9.80 Å². The molecular formula is C14H19BrN2O. The molecule has 0 radical (unpaired) electrons. The molecule has 1 aromatic carbocycles. The third-order valence-corrected chi connectivity index (χ3v) is 4.52. The van der Waals surface area contributed by atoms with E-state index < -0.39 is 0 Å². The van der Waals surface area contributed by atoms with Crippen molar-refractivity contribution in [2.45, 2.75) is 19.9 Å². The Balaban J connectivity index is 2.14. The third-order valence-electron chi connectivity index (χ3n) is 3.67. The molecule has 98 valence electrons. The Hall–Kier alpha value is -0.870. The normalized spacial score (nSPS) is 21.1. The van der Waals surface area contributed by atoms with Crippen molar-refractivity contribution >= 4 is 21.8 Å². The van der Waals surface area contributed by atoms with Gasteiger partial charge in [0, 0.05) is 35.7 Å². The topological polar surface area (TPSA) is 23.6 Å². The van der Waals surface area contributed by atoms with Crippen LogP contribution in [0.1, 0.15) is 22.8 Å². The highest BCUT2D eigenvalue weighted by Gasteiger charge is 2.25. The first kappa shape index (κ1) is 13.6. The molecule has 4 heteroatoms. The summed E-state index contributed by atoms with van der Waals surface area (Å²) in [5, 5.41) is 0.